The molecule has 94 valence electrons. The zero-order valence-electron chi connectivity index (χ0n) is 9.90. The van der Waals surface area contributed by atoms with Gasteiger partial charge in [-0.05, 0) is 17.7 Å². The third kappa shape index (κ3) is 2.42. The van der Waals surface area contributed by atoms with Crippen molar-refractivity contribution in [3.63, 3.8) is 0 Å². The molecule has 2 aromatic rings. The number of anilines is 1. The molecule has 1 aliphatic heterocycles. The van der Waals surface area contributed by atoms with Gasteiger partial charge in [0.2, 0.25) is 0 Å². The molecule has 0 saturated carbocycles. The van der Waals surface area contributed by atoms with Gasteiger partial charge < -0.3 is 10.2 Å². The first-order valence-corrected chi connectivity index (χ1v) is 6.71. The second-order valence-corrected chi connectivity index (χ2v) is 5.42. The summed E-state index contributed by atoms with van der Waals surface area (Å²) in [4.78, 5) is 6.53. The SMILES string of the molecule is Nc1nc2c(o1)CN(Cc1ccc(Br)cc1)CC2. The van der Waals surface area contributed by atoms with E-state index in [4.69, 9.17) is 10.2 Å². The second kappa shape index (κ2) is 4.74. The minimum Gasteiger partial charge on any atom is -0.427 e. The summed E-state index contributed by atoms with van der Waals surface area (Å²) in [6.07, 6.45) is 0.909. The first kappa shape index (κ1) is 11.7. The lowest BCUT2D eigenvalue weighted by Crippen LogP contribution is -2.29. The van der Waals surface area contributed by atoms with Crippen molar-refractivity contribution in [3.8, 4) is 0 Å². The first-order chi connectivity index (χ1) is 8.70. The van der Waals surface area contributed by atoms with Gasteiger partial charge in [-0.25, -0.2) is 0 Å². The Hall–Kier alpha value is -1.33. The van der Waals surface area contributed by atoms with Gasteiger partial charge in [0.05, 0.1) is 12.2 Å². The van der Waals surface area contributed by atoms with Gasteiger partial charge in [0.25, 0.3) is 6.01 Å². The molecular formula is C13H14BrN3O. The van der Waals surface area contributed by atoms with E-state index >= 15 is 0 Å². The average molecular weight is 308 g/mol. The number of nitrogens with two attached hydrogens (primary N) is 1. The Morgan fingerprint density at radius 3 is 2.89 bits per heavy atom. The summed E-state index contributed by atoms with van der Waals surface area (Å²) in [5.41, 5.74) is 7.89. The molecule has 1 aromatic heterocycles. The smallest absolute Gasteiger partial charge is 0.292 e. The molecule has 0 saturated heterocycles. The van der Waals surface area contributed by atoms with Crippen LogP contribution in [0.25, 0.3) is 0 Å². The topological polar surface area (TPSA) is 55.3 Å². The average Bonchev–Trinajstić information content (AvgIpc) is 2.71. The van der Waals surface area contributed by atoms with Gasteiger partial charge >= 0.3 is 0 Å². The zero-order chi connectivity index (χ0) is 12.5. The van der Waals surface area contributed by atoms with E-state index in [1.54, 1.807) is 0 Å². The van der Waals surface area contributed by atoms with Crippen LogP contribution in [0.4, 0.5) is 6.01 Å². The Morgan fingerprint density at radius 1 is 1.33 bits per heavy atom. The first-order valence-electron chi connectivity index (χ1n) is 5.91. The van der Waals surface area contributed by atoms with Crippen molar-refractivity contribution in [2.45, 2.75) is 19.5 Å². The molecule has 4 nitrogen and oxygen atoms in total. The number of rotatable bonds is 2. The molecule has 0 amide bonds. The second-order valence-electron chi connectivity index (χ2n) is 4.51. The maximum absolute atomic E-state index is 5.57. The lowest BCUT2D eigenvalue weighted by Gasteiger charge is -2.24. The number of aromatic nitrogens is 1. The van der Waals surface area contributed by atoms with Crippen molar-refractivity contribution >= 4 is 21.9 Å². The van der Waals surface area contributed by atoms with Gasteiger partial charge in [0.1, 0.15) is 5.76 Å². The summed E-state index contributed by atoms with van der Waals surface area (Å²) >= 11 is 3.44. The molecule has 0 spiro atoms. The highest BCUT2D eigenvalue weighted by molar-refractivity contribution is 9.10. The molecule has 18 heavy (non-hydrogen) atoms. The molecule has 0 bridgehead atoms. The molecule has 0 radical (unpaired) electrons. The summed E-state index contributed by atoms with van der Waals surface area (Å²) in [7, 11) is 0. The molecule has 0 aliphatic carbocycles. The fourth-order valence-corrected chi connectivity index (χ4v) is 2.52. The van der Waals surface area contributed by atoms with Gasteiger partial charge in [0.15, 0.2) is 0 Å². The Bertz CT molecular complexity index is 550. The predicted molar refractivity (Wildman–Crippen MR) is 72.9 cm³/mol. The third-order valence-corrected chi connectivity index (χ3v) is 3.67. The van der Waals surface area contributed by atoms with Crippen LogP contribution in [0.2, 0.25) is 0 Å². The van der Waals surface area contributed by atoms with Crippen LogP contribution in [-0.2, 0) is 19.5 Å². The lowest BCUT2D eigenvalue weighted by atomic mass is 10.1. The standard InChI is InChI=1S/C13H14BrN3O/c14-10-3-1-9(2-4-10)7-17-6-5-11-12(8-17)18-13(15)16-11/h1-4H,5-8H2,(H2,15,16). The number of fused-ring (bicyclic) bond motifs is 1. The molecule has 1 aliphatic rings. The van der Waals surface area contributed by atoms with Crippen molar-refractivity contribution in [2.75, 3.05) is 12.3 Å². The van der Waals surface area contributed by atoms with Crippen LogP contribution in [-0.4, -0.2) is 16.4 Å². The van der Waals surface area contributed by atoms with Crippen LogP contribution in [0.3, 0.4) is 0 Å². The van der Waals surface area contributed by atoms with Crippen LogP contribution in [0.15, 0.2) is 33.2 Å². The molecule has 3 rings (SSSR count). The van der Waals surface area contributed by atoms with E-state index in [0.29, 0.717) is 0 Å². The number of benzene rings is 1. The van der Waals surface area contributed by atoms with Crippen molar-refractivity contribution in [3.05, 3.63) is 45.8 Å². The quantitative estimate of drug-likeness (QED) is 0.926. The minimum atomic E-state index is 0.283. The lowest BCUT2D eigenvalue weighted by molar-refractivity contribution is 0.222. The number of nitrogens with zero attached hydrogens (tertiary/aromatic N) is 2. The van der Waals surface area contributed by atoms with Crippen molar-refractivity contribution in [1.29, 1.82) is 0 Å². The van der Waals surface area contributed by atoms with Crippen LogP contribution in [0.5, 0.6) is 0 Å². The molecule has 0 unspecified atom stereocenters. The summed E-state index contributed by atoms with van der Waals surface area (Å²) < 4.78 is 6.52. The molecule has 2 N–H and O–H groups in total. The summed E-state index contributed by atoms with van der Waals surface area (Å²) in [5, 5.41) is 0. The van der Waals surface area contributed by atoms with Gasteiger partial charge in [-0.15, -0.1) is 0 Å². The Kier molecular flexibility index (Phi) is 3.09. The van der Waals surface area contributed by atoms with Crippen molar-refractivity contribution in [1.82, 2.24) is 9.88 Å². The molecule has 0 atom stereocenters. The van der Waals surface area contributed by atoms with E-state index in [1.807, 2.05) is 0 Å². The van der Waals surface area contributed by atoms with Gasteiger partial charge in [-0.2, -0.15) is 4.98 Å². The highest BCUT2D eigenvalue weighted by Gasteiger charge is 2.21. The van der Waals surface area contributed by atoms with Crippen LogP contribution in [0, 0.1) is 0 Å². The number of nitrogen functional groups attached to an aromatic ring is 1. The normalized spacial score (nSPS) is 15.6. The van der Waals surface area contributed by atoms with Gasteiger partial charge in [-0.1, -0.05) is 28.1 Å². The van der Waals surface area contributed by atoms with E-state index < -0.39 is 0 Å². The molecule has 0 fully saturated rings. The van der Waals surface area contributed by atoms with Crippen LogP contribution in [0.1, 0.15) is 17.0 Å². The predicted octanol–water partition coefficient (Wildman–Crippen LogP) is 2.58. The fraction of sp³-hybridized carbons (Fsp3) is 0.308. The Morgan fingerprint density at radius 2 is 2.11 bits per heavy atom. The summed E-state index contributed by atoms with van der Waals surface area (Å²) in [6.45, 7) is 2.71. The number of hydrogen-bond acceptors (Lipinski definition) is 4. The van der Waals surface area contributed by atoms with E-state index in [0.717, 1.165) is 42.0 Å². The van der Waals surface area contributed by atoms with Crippen molar-refractivity contribution in [2.24, 2.45) is 0 Å². The molecular weight excluding hydrogens is 294 g/mol. The third-order valence-electron chi connectivity index (χ3n) is 3.15. The maximum atomic E-state index is 5.57. The highest BCUT2D eigenvalue weighted by Crippen LogP contribution is 2.22. The molecule has 1 aromatic carbocycles. The minimum absolute atomic E-state index is 0.283. The zero-order valence-corrected chi connectivity index (χ0v) is 11.5. The Balaban J connectivity index is 1.70. The summed E-state index contributed by atoms with van der Waals surface area (Å²) in [6, 6.07) is 8.68. The van der Waals surface area contributed by atoms with E-state index in [9.17, 15) is 0 Å². The van der Waals surface area contributed by atoms with Crippen molar-refractivity contribution < 1.29 is 4.42 Å². The number of halogens is 1. The number of hydrogen-bond donors (Lipinski definition) is 1. The van der Waals surface area contributed by atoms with Crippen LogP contribution < -0.4 is 5.73 Å². The molecule has 5 heteroatoms. The van der Waals surface area contributed by atoms with E-state index in [-0.39, 0.29) is 6.01 Å². The summed E-state index contributed by atoms with van der Waals surface area (Å²) in [5.74, 6) is 0.913. The van der Waals surface area contributed by atoms with Gasteiger partial charge in [-0.3, -0.25) is 4.90 Å². The fourth-order valence-electron chi connectivity index (χ4n) is 2.25. The Labute approximate surface area is 114 Å². The monoisotopic (exact) mass is 307 g/mol. The number of oxazole rings is 1. The van der Waals surface area contributed by atoms with Crippen LogP contribution >= 0.6 is 15.9 Å². The van der Waals surface area contributed by atoms with E-state index in [2.05, 4.69) is 50.1 Å². The van der Waals surface area contributed by atoms with Gasteiger partial charge in [0, 0.05) is 24.0 Å². The largest absolute Gasteiger partial charge is 0.427 e. The maximum Gasteiger partial charge on any atom is 0.292 e. The molecule has 2 heterocycles. The highest BCUT2D eigenvalue weighted by atomic mass is 79.9. The van der Waals surface area contributed by atoms with E-state index in [1.165, 1.54) is 5.56 Å².